The van der Waals surface area contributed by atoms with E-state index in [4.69, 9.17) is 43.0 Å². The van der Waals surface area contributed by atoms with Crippen molar-refractivity contribution in [1.29, 1.82) is 5.26 Å². The lowest BCUT2D eigenvalue weighted by atomic mass is 9.93. The number of rotatable bonds is 8. The van der Waals surface area contributed by atoms with Gasteiger partial charge in [0.25, 0.3) is 0 Å². The number of nitrogens with zero attached hydrogens (tertiary/aromatic N) is 2. The van der Waals surface area contributed by atoms with Crippen LogP contribution in [0.4, 0.5) is 4.39 Å². The molecule has 2 aromatic rings. The number of phosphoric acid groups is 1. The van der Waals surface area contributed by atoms with Crippen LogP contribution >= 0.6 is 31.0 Å². The lowest BCUT2D eigenvalue weighted by molar-refractivity contribution is 0.0180. The first-order chi connectivity index (χ1) is 14.9. The highest BCUT2D eigenvalue weighted by Gasteiger charge is 2.48. The Morgan fingerprint density at radius 2 is 1.94 bits per heavy atom. The second-order valence-electron chi connectivity index (χ2n) is 6.83. The third-order valence-electron chi connectivity index (χ3n) is 4.75. The quantitative estimate of drug-likeness (QED) is 0.502. The fraction of sp³-hybridized carbons (Fsp3) is 0.278. The zero-order chi connectivity index (χ0) is 23.7. The number of hydrogen-bond donors (Lipinski definition) is 2. The van der Waals surface area contributed by atoms with E-state index in [1.54, 1.807) is 6.07 Å². The molecule has 32 heavy (non-hydrogen) atoms. The van der Waals surface area contributed by atoms with Crippen LogP contribution in [0.25, 0.3) is 0 Å². The van der Waals surface area contributed by atoms with Gasteiger partial charge < -0.3 is 14.5 Å². The van der Waals surface area contributed by atoms with Gasteiger partial charge in [-0.25, -0.2) is 17.4 Å². The third kappa shape index (κ3) is 5.60. The number of sulfonamides is 1. The summed E-state index contributed by atoms with van der Waals surface area (Å²) in [6.45, 7) is -0.763. The average molecular weight is 525 g/mol. The third-order valence-corrected chi connectivity index (χ3v) is 7.84. The van der Waals surface area contributed by atoms with Gasteiger partial charge in [0, 0.05) is 23.6 Å². The van der Waals surface area contributed by atoms with Crippen molar-refractivity contribution in [1.82, 2.24) is 4.31 Å². The molecule has 0 spiro atoms. The lowest BCUT2D eigenvalue weighted by Gasteiger charge is -2.46. The molecule has 0 amide bonds. The van der Waals surface area contributed by atoms with Gasteiger partial charge in [0.1, 0.15) is 22.5 Å². The molecule has 0 bridgehead atoms. The number of phosphoric ester groups is 1. The fourth-order valence-corrected chi connectivity index (χ4v) is 5.93. The van der Waals surface area contributed by atoms with Crippen LogP contribution in [-0.4, -0.2) is 48.3 Å². The van der Waals surface area contributed by atoms with E-state index in [1.165, 1.54) is 30.3 Å². The van der Waals surface area contributed by atoms with Crippen LogP contribution in [0.2, 0.25) is 10.0 Å². The van der Waals surface area contributed by atoms with Gasteiger partial charge in [0.2, 0.25) is 10.0 Å². The molecule has 1 fully saturated rings. The Morgan fingerprint density at radius 1 is 1.22 bits per heavy atom. The summed E-state index contributed by atoms with van der Waals surface area (Å²) in [6.07, 6.45) is 0. The Balaban J connectivity index is 1.78. The normalized spacial score (nSPS) is 19.2. The first-order valence-electron chi connectivity index (χ1n) is 8.92. The Labute approximate surface area is 193 Å². The summed E-state index contributed by atoms with van der Waals surface area (Å²) in [4.78, 5) is 17.8. The maximum atomic E-state index is 13.8. The predicted octanol–water partition coefficient (Wildman–Crippen LogP) is 3.18. The largest absolute Gasteiger partial charge is 0.493 e. The first kappa shape index (κ1) is 24.9. The summed E-state index contributed by atoms with van der Waals surface area (Å²) >= 11 is 11.8. The van der Waals surface area contributed by atoms with Gasteiger partial charge in [0.15, 0.2) is 0 Å². The molecule has 2 atom stereocenters. The molecule has 1 heterocycles. The van der Waals surface area contributed by atoms with Crippen molar-refractivity contribution >= 4 is 41.0 Å². The predicted molar refractivity (Wildman–Crippen MR) is 112 cm³/mol. The summed E-state index contributed by atoms with van der Waals surface area (Å²) in [6, 6.07) is 8.16. The van der Waals surface area contributed by atoms with Crippen molar-refractivity contribution in [2.24, 2.45) is 5.92 Å². The highest BCUT2D eigenvalue weighted by atomic mass is 35.5. The second-order valence-corrected chi connectivity index (χ2v) is 10.8. The van der Waals surface area contributed by atoms with Crippen LogP contribution in [0.1, 0.15) is 5.56 Å². The summed E-state index contributed by atoms with van der Waals surface area (Å²) < 4.78 is 62.0. The van der Waals surface area contributed by atoms with Crippen LogP contribution in [0.3, 0.4) is 0 Å². The van der Waals surface area contributed by atoms with Gasteiger partial charge in [-0.15, -0.1) is 0 Å². The highest BCUT2D eigenvalue weighted by Crippen LogP contribution is 2.40. The zero-order valence-corrected chi connectivity index (χ0v) is 19.3. The van der Waals surface area contributed by atoms with E-state index in [9.17, 15) is 17.4 Å². The number of halogens is 3. The van der Waals surface area contributed by atoms with Gasteiger partial charge in [-0.1, -0.05) is 23.2 Å². The van der Waals surface area contributed by atoms with Gasteiger partial charge in [-0.05, 0) is 30.3 Å². The molecular formula is C18H16Cl2FN2O7PS. The minimum absolute atomic E-state index is 0.0603. The molecular weight excluding hydrogens is 509 g/mol. The number of nitriles is 1. The van der Waals surface area contributed by atoms with E-state index < -0.39 is 42.2 Å². The van der Waals surface area contributed by atoms with Crippen LogP contribution < -0.4 is 4.74 Å². The summed E-state index contributed by atoms with van der Waals surface area (Å²) in [5.74, 6) is -1.19. The second kappa shape index (κ2) is 9.63. The summed E-state index contributed by atoms with van der Waals surface area (Å²) in [5.41, 5.74) is -0.161. The van der Waals surface area contributed by atoms with E-state index in [1.807, 2.05) is 0 Å². The van der Waals surface area contributed by atoms with Crippen molar-refractivity contribution in [3.05, 3.63) is 57.8 Å². The van der Waals surface area contributed by atoms with E-state index in [2.05, 4.69) is 4.52 Å². The van der Waals surface area contributed by atoms with Crippen molar-refractivity contribution in [3.8, 4) is 11.8 Å². The number of ether oxygens (including phenoxy) is 1. The molecule has 2 unspecified atom stereocenters. The van der Waals surface area contributed by atoms with Crippen molar-refractivity contribution in [2.45, 2.75) is 10.9 Å². The van der Waals surface area contributed by atoms with E-state index in [0.29, 0.717) is 0 Å². The molecule has 0 radical (unpaired) electrons. The molecule has 3 rings (SSSR count). The van der Waals surface area contributed by atoms with Crippen LogP contribution in [0.5, 0.6) is 5.75 Å². The average Bonchev–Trinajstić information content (AvgIpc) is 2.66. The SMILES string of the molecule is N#Cc1ccc(OCC2CN(S(=O)(=O)c3ccc(Cl)cc3Cl)C2COP(=O)(O)O)cc1F. The maximum absolute atomic E-state index is 13.8. The Kier molecular flexibility index (Phi) is 7.49. The molecule has 0 aromatic heterocycles. The number of hydrogen-bond acceptors (Lipinski definition) is 6. The maximum Gasteiger partial charge on any atom is 0.469 e. The van der Waals surface area contributed by atoms with Crippen molar-refractivity contribution < 1.29 is 36.4 Å². The molecule has 1 saturated heterocycles. The van der Waals surface area contributed by atoms with Gasteiger partial charge in [-0.2, -0.15) is 9.57 Å². The molecule has 0 aliphatic carbocycles. The standard InChI is InChI=1S/C18H16Cl2FN2O7PS/c19-13-2-4-18(15(20)5-13)32(27,28)23-8-12(17(23)10-30-31(24,25)26)9-29-14-3-1-11(7-22)16(21)6-14/h1-6,12,17H,8-10H2,(H2,24,25,26). The number of benzene rings is 2. The zero-order valence-electron chi connectivity index (χ0n) is 16.1. The van der Waals surface area contributed by atoms with Crippen molar-refractivity contribution in [3.63, 3.8) is 0 Å². The molecule has 172 valence electrons. The monoisotopic (exact) mass is 524 g/mol. The van der Waals surface area contributed by atoms with Gasteiger partial charge in [0.05, 0.1) is 29.8 Å². The Morgan fingerprint density at radius 3 is 2.53 bits per heavy atom. The van der Waals surface area contributed by atoms with Gasteiger partial charge >= 0.3 is 7.82 Å². The Hall–Kier alpha value is -1.74. The molecule has 14 heteroatoms. The van der Waals surface area contributed by atoms with E-state index in [0.717, 1.165) is 10.4 Å². The fourth-order valence-electron chi connectivity index (χ4n) is 3.11. The first-order valence-corrected chi connectivity index (χ1v) is 12.6. The minimum Gasteiger partial charge on any atom is -0.493 e. The van der Waals surface area contributed by atoms with Gasteiger partial charge in [-0.3, -0.25) is 4.52 Å². The Bertz CT molecular complexity index is 1220. The molecule has 2 N–H and O–H groups in total. The van der Waals surface area contributed by atoms with E-state index >= 15 is 0 Å². The lowest BCUT2D eigenvalue weighted by Crippen LogP contribution is -2.62. The molecule has 2 aromatic carbocycles. The van der Waals surface area contributed by atoms with Crippen LogP contribution in [0.15, 0.2) is 41.3 Å². The topological polar surface area (TPSA) is 137 Å². The highest BCUT2D eigenvalue weighted by molar-refractivity contribution is 7.89. The smallest absolute Gasteiger partial charge is 0.469 e. The summed E-state index contributed by atoms with van der Waals surface area (Å²) in [5, 5.41) is 8.91. The van der Waals surface area contributed by atoms with Crippen LogP contribution in [0, 0.1) is 23.1 Å². The minimum atomic E-state index is -4.87. The van der Waals surface area contributed by atoms with Crippen LogP contribution in [-0.2, 0) is 19.1 Å². The van der Waals surface area contributed by atoms with E-state index in [-0.39, 0.29) is 39.4 Å². The molecule has 1 aliphatic heterocycles. The molecule has 1 aliphatic rings. The molecule has 9 nitrogen and oxygen atoms in total. The van der Waals surface area contributed by atoms with Crippen molar-refractivity contribution in [2.75, 3.05) is 19.8 Å². The summed E-state index contributed by atoms with van der Waals surface area (Å²) in [7, 11) is -9.01. The molecule has 0 saturated carbocycles.